The van der Waals surface area contributed by atoms with Gasteiger partial charge in [0.1, 0.15) is 10.9 Å². The lowest BCUT2D eigenvalue weighted by atomic mass is 9.77. The maximum absolute atomic E-state index is 13.5. The van der Waals surface area contributed by atoms with Gasteiger partial charge in [-0.1, -0.05) is 29.3 Å². The predicted molar refractivity (Wildman–Crippen MR) is 132 cm³/mol. The molecule has 1 amide bonds. The Kier molecular flexibility index (Phi) is 5.96. The van der Waals surface area contributed by atoms with Crippen LogP contribution in [0.4, 0.5) is 5.69 Å². The van der Waals surface area contributed by atoms with Gasteiger partial charge in [0, 0.05) is 46.3 Å². The highest BCUT2D eigenvalue weighted by molar-refractivity contribution is 6.31. The van der Waals surface area contributed by atoms with Crippen molar-refractivity contribution in [1.29, 1.82) is 0 Å². The summed E-state index contributed by atoms with van der Waals surface area (Å²) in [7, 11) is 1.60. The van der Waals surface area contributed by atoms with Crippen molar-refractivity contribution in [3.05, 3.63) is 81.2 Å². The molecular formula is C26H23Cl2N3O3. The fraction of sp³-hybridized carbons (Fsp3) is 0.269. The van der Waals surface area contributed by atoms with Crippen molar-refractivity contribution in [1.82, 2.24) is 9.78 Å². The quantitative estimate of drug-likeness (QED) is 0.443. The number of carbonyl (C=O) groups is 2. The number of aromatic nitrogens is 2. The van der Waals surface area contributed by atoms with E-state index in [1.165, 1.54) is 0 Å². The second-order valence-corrected chi connectivity index (χ2v) is 9.30. The first-order valence-corrected chi connectivity index (χ1v) is 11.9. The normalized spacial score (nSPS) is 18.4. The number of nitrogens with zero attached hydrogens (tertiary/aromatic N) is 3. The molecule has 0 N–H and O–H groups in total. The number of Topliss-reactive ketones (excluding diaryl/α,β-unsaturated/α-hetero) is 1. The Morgan fingerprint density at radius 1 is 1.03 bits per heavy atom. The van der Waals surface area contributed by atoms with Crippen molar-refractivity contribution in [2.24, 2.45) is 0 Å². The highest BCUT2D eigenvalue weighted by Gasteiger charge is 2.42. The number of aryl methyl sites for hydroxylation is 1. The highest BCUT2D eigenvalue weighted by atomic mass is 35.5. The second-order valence-electron chi connectivity index (χ2n) is 8.50. The Hall–Kier alpha value is -3.09. The smallest absolute Gasteiger partial charge is 0.232 e. The number of hydrogen-bond donors (Lipinski definition) is 0. The molecule has 2 aromatic carbocycles. The molecule has 1 aliphatic carbocycles. The van der Waals surface area contributed by atoms with E-state index in [1.807, 2.05) is 43.3 Å². The number of halogens is 2. The summed E-state index contributed by atoms with van der Waals surface area (Å²) in [4.78, 5) is 28.4. The zero-order valence-electron chi connectivity index (χ0n) is 18.8. The van der Waals surface area contributed by atoms with Gasteiger partial charge in [0.25, 0.3) is 0 Å². The van der Waals surface area contributed by atoms with Gasteiger partial charge in [0.15, 0.2) is 5.78 Å². The van der Waals surface area contributed by atoms with Crippen molar-refractivity contribution in [3.8, 4) is 11.4 Å². The van der Waals surface area contributed by atoms with Crippen molar-refractivity contribution < 1.29 is 14.3 Å². The first kappa shape index (κ1) is 22.7. The van der Waals surface area contributed by atoms with Crippen LogP contribution in [0.15, 0.2) is 59.8 Å². The van der Waals surface area contributed by atoms with Crippen LogP contribution in [0.2, 0.25) is 10.2 Å². The van der Waals surface area contributed by atoms with Gasteiger partial charge in [-0.3, -0.25) is 14.5 Å². The van der Waals surface area contributed by atoms with Gasteiger partial charge in [-0.25, -0.2) is 4.68 Å². The van der Waals surface area contributed by atoms with E-state index in [4.69, 9.17) is 27.9 Å². The van der Waals surface area contributed by atoms with Crippen molar-refractivity contribution in [3.63, 3.8) is 0 Å². The van der Waals surface area contributed by atoms with E-state index < -0.39 is 5.92 Å². The molecule has 174 valence electrons. The maximum Gasteiger partial charge on any atom is 0.232 e. The SMILES string of the molecule is COc1ccc(N2C(=O)CC(c3c(C)nn(-c4cccc(Cl)c4)c3Cl)C3=C2CCCC3=O)cc1. The minimum Gasteiger partial charge on any atom is -0.497 e. The number of rotatable bonds is 4. The monoisotopic (exact) mass is 495 g/mol. The lowest BCUT2D eigenvalue weighted by Gasteiger charge is -2.38. The maximum atomic E-state index is 13.5. The van der Waals surface area contributed by atoms with E-state index in [0.29, 0.717) is 52.0 Å². The van der Waals surface area contributed by atoms with Gasteiger partial charge >= 0.3 is 0 Å². The summed E-state index contributed by atoms with van der Waals surface area (Å²) in [5.74, 6) is 0.249. The van der Waals surface area contributed by atoms with Crippen LogP contribution in [-0.4, -0.2) is 28.6 Å². The minimum atomic E-state index is -0.440. The zero-order valence-corrected chi connectivity index (χ0v) is 20.4. The molecule has 2 aliphatic rings. The van der Waals surface area contributed by atoms with Gasteiger partial charge in [-0.2, -0.15) is 5.10 Å². The summed E-state index contributed by atoms with van der Waals surface area (Å²) in [5.41, 5.74) is 4.27. The third kappa shape index (κ3) is 3.81. The Labute approximate surface area is 207 Å². The molecule has 34 heavy (non-hydrogen) atoms. The largest absolute Gasteiger partial charge is 0.497 e. The molecule has 0 saturated heterocycles. The molecule has 2 heterocycles. The van der Waals surface area contributed by atoms with Crippen molar-refractivity contribution in [2.75, 3.05) is 12.0 Å². The number of allylic oxidation sites excluding steroid dienone is 2. The number of amides is 1. The minimum absolute atomic E-state index is 0.0585. The molecule has 1 aliphatic heterocycles. The first-order chi connectivity index (χ1) is 16.4. The predicted octanol–water partition coefficient (Wildman–Crippen LogP) is 6.02. The molecular weight excluding hydrogens is 473 g/mol. The fourth-order valence-electron chi connectivity index (χ4n) is 4.96. The summed E-state index contributed by atoms with van der Waals surface area (Å²) in [6, 6.07) is 14.6. The van der Waals surface area contributed by atoms with Gasteiger partial charge in [-0.15, -0.1) is 0 Å². The summed E-state index contributed by atoms with van der Waals surface area (Å²) in [5, 5.41) is 5.59. The molecule has 5 rings (SSSR count). The van der Waals surface area contributed by atoms with Gasteiger partial charge < -0.3 is 4.74 Å². The van der Waals surface area contributed by atoms with Gasteiger partial charge in [0.05, 0.1) is 18.5 Å². The molecule has 3 aromatic rings. The molecule has 1 aromatic heterocycles. The average Bonchev–Trinajstić information content (AvgIpc) is 3.12. The number of methoxy groups -OCH3 is 1. The fourth-order valence-corrected chi connectivity index (χ4v) is 5.54. The summed E-state index contributed by atoms with van der Waals surface area (Å²) >= 11 is 13.0. The van der Waals surface area contributed by atoms with Gasteiger partial charge in [0.2, 0.25) is 5.91 Å². The first-order valence-electron chi connectivity index (χ1n) is 11.1. The Morgan fingerprint density at radius 3 is 2.50 bits per heavy atom. The molecule has 1 atom stereocenters. The summed E-state index contributed by atoms with van der Waals surface area (Å²) in [6.45, 7) is 1.86. The Morgan fingerprint density at radius 2 is 1.79 bits per heavy atom. The number of ketones is 1. The molecule has 1 unspecified atom stereocenters. The van der Waals surface area contributed by atoms with Crippen molar-refractivity contribution in [2.45, 2.75) is 38.5 Å². The van der Waals surface area contributed by atoms with E-state index in [0.717, 1.165) is 17.1 Å². The lowest BCUT2D eigenvalue weighted by molar-refractivity contribution is -0.119. The van der Waals surface area contributed by atoms with Crippen LogP contribution in [0, 0.1) is 6.92 Å². The van der Waals surface area contributed by atoms with Crippen LogP contribution in [0.25, 0.3) is 5.69 Å². The summed E-state index contributed by atoms with van der Waals surface area (Å²) in [6.07, 6.45) is 1.95. The standard InChI is InChI=1S/C26H23Cl2N3O3/c1-15-24(26(28)31(29-15)18-6-3-5-16(27)13-18)20-14-23(33)30(17-9-11-19(34-2)12-10-17)21-7-4-8-22(32)25(20)21/h3,5-6,9-13,20H,4,7-8,14H2,1-2H3. The van der Waals surface area contributed by atoms with E-state index in [1.54, 1.807) is 28.8 Å². The van der Waals surface area contributed by atoms with Crippen LogP contribution in [0.5, 0.6) is 5.75 Å². The number of ether oxygens (including phenoxy) is 1. The molecule has 0 radical (unpaired) electrons. The number of anilines is 1. The molecule has 0 saturated carbocycles. The van der Waals surface area contributed by atoms with Crippen LogP contribution in [-0.2, 0) is 9.59 Å². The zero-order chi connectivity index (χ0) is 24.0. The van der Waals surface area contributed by atoms with E-state index >= 15 is 0 Å². The van der Waals surface area contributed by atoms with Crippen LogP contribution < -0.4 is 9.64 Å². The third-order valence-electron chi connectivity index (χ3n) is 6.46. The second kappa shape index (κ2) is 8.93. The summed E-state index contributed by atoms with van der Waals surface area (Å²) < 4.78 is 6.87. The number of carbonyl (C=O) groups excluding carboxylic acids is 2. The Balaban J connectivity index is 1.63. The van der Waals surface area contributed by atoms with E-state index in [2.05, 4.69) is 5.10 Å². The van der Waals surface area contributed by atoms with Crippen LogP contribution in [0.3, 0.4) is 0 Å². The molecule has 0 spiro atoms. The molecule has 6 nitrogen and oxygen atoms in total. The third-order valence-corrected chi connectivity index (χ3v) is 7.05. The Bertz CT molecular complexity index is 1330. The highest BCUT2D eigenvalue weighted by Crippen LogP contribution is 2.46. The molecule has 0 fully saturated rings. The number of benzene rings is 2. The molecule has 0 bridgehead atoms. The number of hydrogen-bond acceptors (Lipinski definition) is 4. The average molecular weight is 496 g/mol. The van der Waals surface area contributed by atoms with E-state index in [9.17, 15) is 9.59 Å². The van der Waals surface area contributed by atoms with Crippen molar-refractivity contribution >= 4 is 40.6 Å². The molecule has 8 heteroatoms. The van der Waals surface area contributed by atoms with Gasteiger partial charge in [-0.05, 0) is 62.2 Å². The van der Waals surface area contributed by atoms with Crippen LogP contribution in [0.1, 0.15) is 42.9 Å². The lowest BCUT2D eigenvalue weighted by Crippen LogP contribution is -2.40. The van der Waals surface area contributed by atoms with E-state index in [-0.39, 0.29) is 18.1 Å². The van der Waals surface area contributed by atoms with Crippen LogP contribution >= 0.6 is 23.2 Å². The topological polar surface area (TPSA) is 64.4 Å².